The number of benzene rings is 2. The van der Waals surface area contributed by atoms with Gasteiger partial charge in [0.15, 0.2) is 0 Å². The Morgan fingerprint density at radius 3 is 2.67 bits per heavy atom. The molecule has 6 nitrogen and oxygen atoms in total. The quantitative estimate of drug-likeness (QED) is 0.824. The van der Waals surface area contributed by atoms with Gasteiger partial charge in [0.2, 0.25) is 5.91 Å². The number of halogens is 1. The molecule has 0 spiro atoms. The summed E-state index contributed by atoms with van der Waals surface area (Å²) in [5.41, 5.74) is 1.12. The Balaban J connectivity index is 1.69. The van der Waals surface area contributed by atoms with Gasteiger partial charge in [0.05, 0.1) is 25.3 Å². The second kappa shape index (κ2) is 8.31. The molecule has 27 heavy (non-hydrogen) atoms. The SMILES string of the molecule is CCOc1ccc(N2CC(NC(=O)c3cc(Cl)ccc3OC)CC2=O)cc1. The maximum Gasteiger partial charge on any atom is 0.255 e. The third-order valence-corrected chi connectivity index (χ3v) is 4.56. The van der Waals surface area contributed by atoms with E-state index in [1.165, 1.54) is 7.11 Å². The van der Waals surface area contributed by atoms with Crippen LogP contribution in [0.4, 0.5) is 5.69 Å². The summed E-state index contributed by atoms with van der Waals surface area (Å²) in [5, 5.41) is 3.34. The van der Waals surface area contributed by atoms with Gasteiger partial charge in [0.1, 0.15) is 11.5 Å². The molecule has 0 bridgehead atoms. The van der Waals surface area contributed by atoms with Gasteiger partial charge in [-0.25, -0.2) is 0 Å². The molecule has 1 saturated heterocycles. The molecule has 2 amide bonds. The highest BCUT2D eigenvalue weighted by molar-refractivity contribution is 6.31. The maximum atomic E-state index is 12.6. The molecule has 7 heteroatoms. The summed E-state index contributed by atoms with van der Waals surface area (Å²) < 4.78 is 10.6. The minimum Gasteiger partial charge on any atom is -0.496 e. The van der Waals surface area contributed by atoms with Crippen molar-refractivity contribution in [1.82, 2.24) is 5.32 Å². The minimum atomic E-state index is -0.319. The summed E-state index contributed by atoms with van der Waals surface area (Å²) in [4.78, 5) is 26.7. The van der Waals surface area contributed by atoms with E-state index in [0.29, 0.717) is 29.5 Å². The molecule has 0 aromatic heterocycles. The molecule has 2 aromatic carbocycles. The standard InChI is InChI=1S/C20H21ClN2O4/c1-3-27-16-7-5-15(6-8-16)23-12-14(11-19(23)24)22-20(25)17-10-13(21)4-9-18(17)26-2/h4-10,14H,3,11-12H2,1-2H3,(H,22,25). The molecule has 2 aromatic rings. The van der Waals surface area contributed by atoms with E-state index >= 15 is 0 Å². The number of rotatable bonds is 6. The zero-order valence-electron chi connectivity index (χ0n) is 15.2. The van der Waals surface area contributed by atoms with E-state index < -0.39 is 0 Å². The number of methoxy groups -OCH3 is 1. The number of ether oxygens (including phenoxy) is 2. The molecule has 1 aliphatic rings. The maximum absolute atomic E-state index is 12.6. The molecule has 142 valence electrons. The highest BCUT2D eigenvalue weighted by Gasteiger charge is 2.32. The second-order valence-corrected chi connectivity index (χ2v) is 6.59. The third kappa shape index (κ3) is 4.34. The van der Waals surface area contributed by atoms with Crippen LogP contribution in [0.1, 0.15) is 23.7 Å². The molecule has 1 fully saturated rings. The van der Waals surface area contributed by atoms with Crippen LogP contribution in [0.2, 0.25) is 5.02 Å². The predicted octanol–water partition coefficient (Wildman–Crippen LogP) is 3.28. The highest BCUT2D eigenvalue weighted by atomic mass is 35.5. The van der Waals surface area contributed by atoms with Crippen LogP contribution in [0.25, 0.3) is 0 Å². The Hall–Kier alpha value is -2.73. The smallest absolute Gasteiger partial charge is 0.255 e. The fraction of sp³-hybridized carbons (Fsp3) is 0.300. The van der Waals surface area contributed by atoms with E-state index in [0.717, 1.165) is 11.4 Å². The summed E-state index contributed by atoms with van der Waals surface area (Å²) >= 11 is 5.99. The Morgan fingerprint density at radius 2 is 2.00 bits per heavy atom. The van der Waals surface area contributed by atoms with Crippen LogP contribution in [0, 0.1) is 0 Å². The van der Waals surface area contributed by atoms with Crippen molar-refractivity contribution in [3.05, 3.63) is 53.1 Å². The number of hydrogen-bond acceptors (Lipinski definition) is 4. The van der Waals surface area contributed by atoms with Gasteiger partial charge in [-0.2, -0.15) is 0 Å². The number of nitrogens with one attached hydrogen (secondary N) is 1. The number of carbonyl (C=O) groups is 2. The zero-order chi connectivity index (χ0) is 19.4. The van der Waals surface area contributed by atoms with Crippen LogP contribution in [-0.4, -0.2) is 38.1 Å². The van der Waals surface area contributed by atoms with E-state index in [9.17, 15) is 9.59 Å². The van der Waals surface area contributed by atoms with Crippen LogP contribution in [-0.2, 0) is 4.79 Å². The number of hydrogen-bond donors (Lipinski definition) is 1. The van der Waals surface area contributed by atoms with Gasteiger partial charge in [-0.05, 0) is 49.4 Å². The summed E-state index contributed by atoms with van der Waals surface area (Å²) in [6, 6.07) is 11.9. The van der Waals surface area contributed by atoms with Crippen molar-refractivity contribution in [2.24, 2.45) is 0 Å². The molecule has 0 radical (unpaired) electrons. The molecule has 3 rings (SSSR count). The van der Waals surface area contributed by atoms with Gasteiger partial charge in [-0.15, -0.1) is 0 Å². The lowest BCUT2D eigenvalue weighted by Crippen LogP contribution is -2.37. The first kappa shape index (κ1) is 19.0. The van der Waals surface area contributed by atoms with Crippen LogP contribution < -0.4 is 19.7 Å². The molecular weight excluding hydrogens is 368 g/mol. The van der Waals surface area contributed by atoms with E-state index in [1.807, 2.05) is 31.2 Å². The third-order valence-electron chi connectivity index (χ3n) is 4.33. The van der Waals surface area contributed by atoms with Gasteiger partial charge in [0.25, 0.3) is 5.91 Å². The Morgan fingerprint density at radius 1 is 1.26 bits per heavy atom. The lowest BCUT2D eigenvalue weighted by molar-refractivity contribution is -0.117. The van der Waals surface area contributed by atoms with Crippen molar-refractivity contribution in [3.63, 3.8) is 0 Å². The van der Waals surface area contributed by atoms with Crippen molar-refractivity contribution < 1.29 is 19.1 Å². The Bertz CT molecular complexity index is 838. The number of amides is 2. The molecule has 0 aliphatic carbocycles. The van der Waals surface area contributed by atoms with Crippen molar-refractivity contribution in [3.8, 4) is 11.5 Å². The Labute approximate surface area is 163 Å². The fourth-order valence-electron chi connectivity index (χ4n) is 3.06. The molecule has 0 saturated carbocycles. The van der Waals surface area contributed by atoms with Crippen molar-refractivity contribution in [2.45, 2.75) is 19.4 Å². The first-order chi connectivity index (χ1) is 13.0. The average Bonchev–Trinajstić information content (AvgIpc) is 3.02. The first-order valence-electron chi connectivity index (χ1n) is 8.69. The number of carbonyl (C=O) groups excluding carboxylic acids is 2. The summed E-state index contributed by atoms with van der Waals surface area (Å²) in [7, 11) is 1.49. The van der Waals surface area contributed by atoms with E-state index in [1.54, 1.807) is 23.1 Å². The van der Waals surface area contributed by atoms with Crippen molar-refractivity contribution in [2.75, 3.05) is 25.2 Å². The number of nitrogens with zero attached hydrogens (tertiary/aromatic N) is 1. The Kier molecular flexibility index (Phi) is 5.86. The molecule has 1 N–H and O–H groups in total. The van der Waals surface area contributed by atoms with Crippen molar-refractivity contribution in [1.29, 1.82) is 0 Å². The lowest BCUT2D eigenvalue weighted by Gasteiger charge is -2.18. The highest BCUT2D eigenvalue weighted by Crippen LogP contribution is 2.26. The summed E-state index contributed by atoms with van der Waals surface area (Å²) in [6.45, 7) is 2.91. The van der Waals surface area contributed by atoms with Crippen LogP contribution in [0.3, 0.4) is 0 Å². The monoisotopic (exact) mass is 388 g/mol. The molecule has 1 aliphatic heterocycles. The summed E-state index contributed by atoms with van der Waals surface area (Å²) in [6.07, 6.45) is 0.238. The van der Waals surface area contributed by atoms with Crippen molar-refractivity contribution >= 4 is 29.1 Å². The zero-order valence-corrected chi connectivity index (χ0v) is 16.0. The van der Waals surface area contributed by atoms with Crippen LogP contribution >= 0.6 is 11.6 Å². The van der Waals surface area contributed by atoms with E-state index in [4.69, 9.17) is 21.1 Å². The summed E-state index contributed by atoms with van der Waals surface area (Å²) in [5.74, 6) is 0.832. The van der Waals surface area contributed by atoms with Gasteiger partial charge < -0.3 is 19.7 Å². The van der Waals surface area contributed by atoms with Crippen LogP contribution in [0.15, 0.2) is 42.5 Å². The van der Waals surface area contributed by atoms with Crippen LogP contribution in [0.5, 0.6) is 11.5 Å². The van der Waals surface area contributed by atoms with E-state index in [2.05, 4.69) is 5.32 Å². The molecule has 1 unspecified atom stereocenters. The number of anilines is 1. The second-order valence-electron chi connectivity index (χ2n) is 6.15. The average molecular weight is 389 g/mol. The van der Waals surface area contributed by atoms with Gasteiger partial charge in [0, 0.05) is 23.7 Å². The molecular formula is C20H21ClN2O4. The molecule has 1 heterocycles. The fourth-order valence-corrected chi connectivity index (χ4v) is 3.24. The first-order valence-corrected chi connectivity index (χ1v) is 9.07. The normalized spacial score (nSPS) is 16.3. The predicted molar refractivity (Wildman–Crippen MR) is 104 cm³/mol. The topological polar surface area (TPSA) is 67.9 Å². The van der Waals surface area contributed by atoms with E-state index in [-0.39, 0.29) is 24.3 Å². The minimum absolute atomic E-state index is 0.0393. The molecule has 1 atom stereocenters. The van der Waals surface area contributed by atoms with Gasteiger partial charge in [-0.3, -0.25) is 9.59 Å². The lowest BCUT2D eigenvalue weighted by atomic mass is 10.1. The van der Waals surface area contributed by atoms with Gasteiger partial charge in [-0.1, -0.05) is 11.6 Å². The largest absolute Gasteiger partial charge is 0.496 e. The van der Waals surface area contributed by atoms with Gasteiger partial charge >= 0.3 is 0 Å².